The largest absolute Gasteiger partial charge is 0.310 e. The van der Waals surface area contributed by atoms with E-state index in [2.05, 4.69) is 44.9 Å². The second-order valence-electron chi connectivity index (χ2n) is 7.46. The number of hydrogen-bond acceptors (Lipinski definition) is 5. The van der Waals surface area contributed by atoms with Gasteiger partial charge in [0.2, 0.25) is 5.91 Å². The van der Waals surface area contributed by atoms with E-state index in [9.17, 15) is 4.79 Å². The SMILES string of the molecule is Cc1nn(-c2ccc3nncn3n2)c2c1C(c1cccc3ccccc13)CC(=O)N2. The van der Waals surface area contributed by atoms with Crippen molar-refractivity contribution in [2.75, 3.05) is 5.32 Å². The van der Waals surface area contributed by atoms with Crippen molar-refractivity contribution >= 4 is 28.1 Å². The predicted molar refractivity (Wildman–Crippen MR) is 112 cm³/mol. The fraction of sp³-hybridized carbons (Fsp3) is 0.136. The first-order chi connectivity index (χ1) is 14.7. The summed E-state index contributed by atoms with van der Waals surface area (Å²) in [6.07, 6.45) is 1.92. The summed E-state index contributed by atoms with van der Waals surface area (Å²) in [6, 6.07) is 18.2. The molecule has 6 rings (SSSR count). The third-order valence-electron chi connectivity index (χ3n) is 5.67. The zero-order valence-electron chi connectivity index (χ0n) is 16.1. The molecule has 2 aromatic carbocycles. The first-order valence-corrected chi connectivity index (χ1v) is 9.73. The van der Waals surface area contributed by atoms with Gasteiger partial charge >= 0.3 is 0 Å². The topological polar surface area (TPSA) is 90.0 Å². The lowest BCUT2D eigenvalue weighted by Gasteiger charge is -2.25. The zero-order chi connectivity index (χ0) is 20.2. The summed E-state index contributed by atoms with van der Waals surface area (Å²) in [4.78, 5) is 12.7. The summed E-state index contributed by atoms with van der Waals surface area (Å²) in [5, 5.41) is 22.5. The molecule has 0 radical (unpaired) electrons. The summed E-state index contributed by atoms with van der Waals surface area (Å²) in [7, 11) is 0. The van der Waals surface area contributed by atoms with Crippen molar-refractivity contribution in [3.63, 3.8) is 0 Å². The van der Waals surface area contributed by atoms with Gasteiger partial charge in [-0.15, -0.1) is 15.3 Å². The van der Waals surface area contributed by atoms with Crippen molar-refractivity contribution in [2.45, 2.75) is 19.3 Å². The molecule has 3 aromatic heterocycles. The summed E-state index contributed by atoms with van der Waals surface area (Å²) in [5.41, 5.74) is 3.67. The lowest BCUT2D eigenvalue weighted by atomic mass is 9.83. The molecule has 0 bridgehead atoms. The van der Waals surface area contributed by atoms with Crippen LogP contribution in [0.5, 0.6) is 0 Å². The van der Waals surface area contributed by atoms with Crippen LogP contribution >= 0.6 is 0 Å². The molecule has 1 atom stereocenters. The second-order valence-corrected chi connectivity index (χ2v) is 7.46. The minimum Gasteiger partial charge on any atom is -0.310 e. The van der Waals surface area contributed by atoms with Crippen molar-refractivity contribution in [3.8, 4) is 5.82 Å². The Morgan fingerprint density at radius 3 is 2.83 bits per heavy atom. The smallest absolute Gasteiger partial charge is 0.226 e. The van der Waals surface area contributed by atoms with Gasteiger partial charge in [-0.05, 0) is 35.4 Å². The van der Waals surface area contributed by atoms with Gasteiger partial charge in [0.05, 0.1) is 5.69 Å². The minimum absolute atomic E-state index is 0.0352. The molecule has 8 nitrogen and oxygen atoms in total. The van der Waals surface area contributed by atoms with E-state index in [1.807, 2.05) is 37.3 Å². The molecule has 4 heterocycles. The number of rotatable bonds is 2. The lowest BCUT2D eigenvalue weighted by Crippen LogP contribution is -2.25. The number of carbonyl (C=O) groups excluding carboxylic acids is 1. The van der Waals surface area contributed by atoms with Crippen LogP contribution in [-0.4, -0.2) is 35.5 Å². The Labute approximate surface area is 171 Å². The molecule has 5 aromatic rings. The van der Waals surface area contributed by atoms with E-state index in [0.29, 0.717) is 23.7 Å². The average molecular weight is 395 g/mol. The summed E-state index contributed by atoms with van der Waals surface area (Å²) in [5.74, 6) is 1.14. The Kier molecular flexibility index (Phi) is 3.49. The van der Waals surface area contributed by atoms with E-state index in [1.165, 1.54) is 0 Å². The fourth-order valence-corrected chi connectivity index (χ4v) is 4.36. The quantitative estimate of drug-likeness (QED) is 0.496. The fourth-order valence-electron chi connectivity index (χ4n) is 4.36. The van der Waals surface area contributed by atoms with Crippen LogP contribution < -0.4 is 5.32 Å². The van der Waals surface area contributed by atoms with Crippen LogP contribution in [0, 0.1) is 6.92 Å². The van der Waals surface area contributed by atoms with Crippen molar-refractivity contribution in [3.05, 3.63) is 77.7 Å². The predicted octanol–water partition coefficient (Wildman–Crippen LogP) is 3.25. The van der Waals surface area contributed by atoms with E-state index in [1.54, 1.807) is 15.5 Å². The summed E-state index contributed by atoms with van der Waals surface area (Å²) in [6.45, 7) is 1.97. The van der Waals surface area contributed by atoms with Crippen LogP contribution in [0.25, 0.3) is 22.2 Å². The lowest BCUT2D eigenvalue weighted by molar-refractivity contribution is -0.116. The van der Waals surface area contributed by atoms with Gasteiger partial charge in [0, 0.05) is 17.9 Å². The Bertz CT molecular complexity index is 1440. The first kappa shape index (κ1) is 16.8. The molecule has 0 saturated heterocycles. The molecule has 1 amide bonds. The van der Waals surface area contributed by atoms with E-state index in [4.69, 9.17) is 5.10 Å². The van der Waals surface area contributed by atoms with E-state index < -0.39 is 0 Å². The van der Waals surface area contributed by atoms with Gasteiger partial charge in [-0.2, -0.15) is 14.3 Å². The van der Waals surface area contributed by atoms with E-state index in [0.717, 1.165) is 27.6 Å². The monoisotopic (exact) mass is 395 g/mol. The molecule has 1 aliphatic heterocycles. The van der Waals surface area contributed by atoms with Crippen LogP contribution in [0.1, 0.15) is 29.2 Å². The van der Waals surface area contributed by atoms with Crippen LogP contribution in [-0.2, 0) is 4.79 Å². The Morgan fingerprint density at radius 1 is 1.03 bits per heavy atom. The first-order valence-electron chi connectivity index (χ1n) is 9.73. The number of carbonyl (C=O) groups is 1. The van der Waals surface area contributed by atoms with Gasteiger partial charge in [0.15, 0.2) is 11.5 Å². The second kappa shape index (κ2) is 6.21. The Morgan fingerprint density at radius 2 is 1.90 bits per heavy atom. The highest BCUT2D eigenvalue weighted by Crippen LogP contribution is 2.42. The molecule has 0 fully saturated rings. The molecule has 1 unspecified atom stereocenters. The number of nitrogens with one attached hydrogen (secondary N) is 1. The molecule has 1 N–H and O–H groups in total. The molecule has 1 aliphatic rings. The number of aryl methyl sites for hydroxylation is 1. The highest BCUT2D eigenvalue weighted by molar-refractivity contribution is 5.96. The summed E-state index contributed by atoms with van der Waals surface area (Å²) < 4.78 is 3.28. The number of nitrogens with zero attached hydrogens (tertiary/aromatic N) is 6. The van der Waals surface area contributed by atoms with Crippen molar-refractivity contribution in [1.82, 2.24) is 29.6 Å². The number of amides is 1. The number of hydrogen-bond donors (Lipinski definition) is 1. The number of benzene rings is 2. The average Bonchev–Trinajstić information content (AvgIpc) is 3.36. The van der Waals surface area contributed by atoms with Gasteiger partial charge in [-0.3, -0.25) is 4.79 Å². The molecule has 0 saturated carbocycles. The maximum Gasteiger partial charge on any atom is 0.226 e. The molecular formula is C22H17N7O. The van der Waals surface area contributed by atoms with Crippen molar-refractivity contribution in [2.24, 2.45) is 0 Å². The molecule has 0 spiro atoms. The molecular weight excluding hydrogens is 378 g/mol. The van der Waals surface area contributed by atoms with Gasteiger partial charge in [0.1, 0.15) is 12.1 Å². The van der Waals surface area contributed by atoms with E-state index in [-0.39, 0.29) is 11.8 Å². The van der Waals surface area contributed by atoms with Gasteiger partial charge in [-0.25, -0.2) is 0 Å². The maximum atomic E-state index is 12.7. The van der Waals surface area contributed by atoms with Gasteiger partial charge in [0.25, 0.3) is 0 Å². The van der Waals surface area contributed by atoms with Gasteiger partial charge < -0.3 is 5.32 Å². The van der Waals surface area contributed by atoms with Crippen LogP contribution in [0.15, 0.2) is 60.9 Å². The standard InChI is InChI=1S/C22H17N7O/c1-13-21-17(16-8-4-6-14-5-2-3-7-15(14)16)11-20(30)24-22(21)29(26-13)19-10-9-18-25-23-12-28(18)27-19/h2-10,12,17H,11H2,1H3,(H,24,30). The van der Waals surface area contributed by atoms with Crippen molar-refractivity contribution in [1.29, 1.82) is 0 Å². The summed E-state index contributed by atoms with van der Waals surface area (Å²) >= 11 is 0. The molecule has 0 aliphatic carbocycles. The maximum absolute atomic E-state index is 12.7. The molecule has 30 heavy (non-hydrogen) atoms. The third-order valence-corrected chi connectivity index (χ3v) is 5.67. The highest BCUT2D eigenvalue weighted by atomic mass is 16.1. The molecule has 8 heteroatoms. The Balaban J connectivity index is 1.56. The normalized spacial score (nSPS) is 16.0. The Hall–Kier alpha value is -4.07. The van der Waals surface area contributed by atoms with Crippen LogP contribution in [0.4, 0.5) is 5.82 Å². The number of fused-ring (bicyclic) bond motifs is 3. The van der Waals surface area contributed by atoms with E-state index >= 15 is 0 Å². The number of anilines is 1. The van der Waals surface area contributed by atoms with Crippen molar-refractivity contribution < 1.29 is 4.79 Å². The minimum atomic E-state index is -0.0766. The third kappa shape index (κ3) is 2.43. The highest BCUT2D eigenvalue weighted by Gasteiger charge is 2.33. The van der Waals surface area contributed by atoms with Crippen LogP contribution in [0.2, 0.25) is 0 Å². The van der Waals surface area contributed by atoms with Crippen LogP contribution in [0.3, 0.4) is 0 Å². The number of aromatic nitrogens is 6. The zero-order valence-corrected chi connectivity index (χ0v) is 16.1. The molecule has 146 valence electrons. The van der Waals surface area contributed by atoms with Gasteiger partial charge in [-0.1, -0.05) is 42.5 Å².